The molecule has 0 unspecified atom stereocenters. The zero-order chi connectivity index (χ0) is 14.4. The molecule has 0 aliphatic rings. The van der Waals surface area contributed by atoms with E-state index < -0.39 is 5.97 Å². The van der Waals surface area contributed by atoms with E-state index >= 15 is 0 Å². The highest BCUT2D eigenvalue weighted by Gasteiger charge is 2.16. The molecule has 0 spiro atoms. The van der Waals surface area contributed by atoms with E-state index in [1.54, 1.807) is 0 Å². The number of carbonyl (C=O) groups excluding carboxylic acids is 1. The van der Waals surface area contributed by atoms with Crippen molar-refractivity contribution < 1.29 is 14.3 Å². The van der Waals surface area contributed by atoms with Crippen LogP contribution >= 0.6 is 27.5 Å². The average Bonchev–Trinajstić information content (AvgIpc) is 2.92. The van der Waals surface area contributed by atoms with Crippen LogP contribution in [-0.2, 0) is 11.2 Å². The highest BCUT2D eigenvalue weighted by Crippen LogP contribution is 2.17. The lowest BCUT2D eigenvalue weighted by molar-refractivity contribution is 0.0454. The minimum atomic E-state index is -0.394. The largest absolute Gasteiger partial charge is 0.490 e. The van der Waals surface area contributed by atoms with E-state index in [0.29, 0.717) is 23.6 Å². The van der Waals surface area contributed by atoms with Crippen LogP contribution in [0.5, 0.6) is 5.75 Å². The fraction of sp³-hybridized carbons (Fsp3) is 0.308. The van der Waals surface area contributed by atoms with Gasteiger partial charge in [0.15, 0.2) is 4.88 Å². The van der Waals surface area contributed by atoms with Crippen molar-refractivity contribution in [3.8, 4) is 5.75 Å². The molecule has 0 N–H and O–H groups in total. The van der Waals surface area contributed by atoms with Crippen molar-refractivity contribution in [2.24, 2.45) is 0 Å². The summed E-state index contributed by atoms with van der Waals surface area (Å²) in [5, 5.41) is 3.87. The van der Waals surface area contributed by atoms with E-state index in [0.717, 1.165) is 21.8 Å². The molecular formula is C13H13BrN2O3S. The van der Waals surface area contributed by atoms with Gasteiger partial charge in [-0.2, -0.15) is 0 Å². The number of nitrogens with zero attached hydrogens (tertiary/aromatic N) is 2. The van der Waals surface area contributed by atoms with E-state index in [4.69, 9.17) is 9.47 Å². The van der Waals surface area contributed by atoms with E-state index in [1.165, 1.54) is 0 Å². The van der Waals surface area contributed by atoms with Crippen LogP contribution in [0.3, 0.4) is 0 Å². The first-order valence-corrected chi connectivity index (χ1v) is 7.64. The lowest BCUT2D eigenvalue weighted by Crippen LogP contribution is -2.12. The van der Waals surface area contributed by atoms with Crippen LogP contribution in [0.25, 0.3) is 0 Å². The summed E-state index contributed by atoms with van der Waals surface area (Å²) in [6.07, 6.45) is 0.662. The third kappa shape index (κ3) is 4.01. The third-order valence-electron chi connectivity index (χ3n) is 2.46. The Hall–Kier alpha value is -1.47. The number of hydrogen-bond acceptors (Lipinski definition) is 6. The number of esters is 1. The number of halogens is 1. The van der Waals surface area contributed by atoms with E-state index in [1.807, 2.05) is 31.2 Å². The van der Waals surface area contributed by atoms with Gasteiger partial charge in [0.05, 0.1) is 5.69 Å². The molecule has 0 aliphatic carbocycles. The van der Waals surface area contributed by atoms with Gasteiger partial charge in [-0.05, 0) is 36.2 Å². The third-order valence-corrected chi connectivity index (χ3v) is 3.70. The number of ether oxygens (including phenoxy) is 2. The predicted molar refractivity (Wildman–Crippen MR) is 79.2 cm³/mol. The average molecular weight is 357 g/mol. The summed E-state index contributed by atoms with van der Waals surface area (Å²) < 4.78 is 15.3. The topological polar surface area (TPSA) is 61.3 Å². The summed E-state index contributed by atoms with van der Waals surface area (Å²) >= 11 is 4.41. The standard InChI is InChI=1S/C13H13BrN2O3S/c1-2-11-12(20-16-15-11)13(17)19-7-6-18-10-5-3-4-9(14)8-10/h3-5,8H,2,6-7H2,1H3. The lowest BCUT2D eigenvalue weighted by atomic mass is 10.3. The normalized spacial score (nSPS) is 10.3. The van der Waals surface area contributed by atoms with E-state index in [9.17, 15) is 4.79 Å². The first-order chi connectivity index (χ1) is 9.70. The highest BCUT2D eigenvalue weighted by molar-refractivity contribution is 9.10. The summed E-state index contributed by atoms with van der Waals surface area (Å²) in [7, 11) is 0. The minimum Gasteiger partial charge on any atom is -0.490 e. The molecule has 0 radical (unpaired) electrons. The van der Waals surface area contributed by atoms with Gasteiger partial charge >= 0.3 is 5.97 Å². The maximum absolute atomic E-state index is 11.8. The fourth-order valence-corrected chi connectivity index (χ4v) is 2.53. The second-order valence-electron chi connectivity index (χ2n) is 3.84. The summed E-state index contributed by atoms with van der Waals surface area (Å²) in [6.45, 7) is 2.41. The van der Waals surface area contributed by atoms with E-state index in [2.05, 4.69) is 25.5 Å². The second-order valence-corrected chi connectivity index (χ2v) is 5.51. The Morgan fingerprint density at radius 1 is 1.40 bits per heavy atom. The summed E-state index contributed by atoms with van der Waals surface area (Å²) in [4.78, 5) is 12.3. The Bertz CT molecular complexity index is 589. The number of rotatable bonds is 6. The molecule has 0 saturated carbocycles. The van der Waals surface area contributed by atoms with Gasteiger partial charge in [-0.15, -0.1) is 5.10 Å². The first kappa shape index (κ1) is 14.9. The smallest absolute Gasteiger partial charge is 0.352 e. The van der Waals surface area contributed by atoms with Gasteiger partial charge in [-0.25, -0.2) is 4.79 Å². The number of aromatic nitrogens is 2. The van der Waals surface area contributed by atoms with Gasteiger partial charge in [-0.1, -0.05) is 33.4 Å². The van der Waals surface area contributed by atoms with Crippen molar-refractivity contribution in [1.29, 1.82) is 0 Å². The molecule has 0 amide bonds. The zero-order valence-corrected chi connectivity index (χ0v) is 13.2. The van der Waals surface area contributed by atoms with Gasteiger partial charge in [0, 0.05) is 4.47 Å². The molecular weight excluding hydrogens is 344 g/mol. The molecule has 0 aliphatic heterocycles. The Balaban J connectivity index is 1.77. The maximum Gasteiger partial charge on any atom is 0.352 e. The van der Waals surface area contributed by atoms with Gasteiger partial charge < -0.3 is 9.47 Å². The molecule has 1 aromatic heterocycles. The quantitative estimate of drug-likeness (QED) is 0.587. The van der Waals surface area contributed by atoms with Crippen LogP contribution in [0.4, 0.5) is 0 Å². The molecule has 2 rings (SSSR count). The van der Waals surface area contributed by atoms with Crippen LogP contribution < -0.4 is 4.74 Å². The number of benzene rings is 1. The van der Waals surface area contributed by atoms with Crippen LogP contribution in [0.1, 0.15) is 22.3 Å². The SMILES string of the molecule is CCc1nnsc1C(=O)OCCOc1cccc(Br)c1. The summed E-state index contributed by atoms with van der Waals surface area (Å²) in [5.41, 5.74) is 0.674. The molecule has 0 bridgehead atoms. The number of aryl methyl sites for hydroxylation is 1. The van der Waals surface area contributed by atoms with Gasteiger partial charge in [0.1, 0.15) is 19.0 Å². The van der Waals surface area contributed by atoms with Crippen LogP contribution in [0.15, 0.2) is 28.7 Å². The minimum absolute atomic E-state index is 0.187. The number of hydrogen-bond donors (Lipinski definition) is 0. The molecule has 0 saturated heterocycles. The van der Waals surface area contributed by atoms with Crippen LogP contribution in [0, 0.1) is 0 Å². The van der Waals surface area contributed by atoms with Crippen LogP contribution in [0.2, 0.25) is 0 Å². The molecule has 0 fully saturated rings. The molecule has 2 aromatic rings. The molecule has 1 aromatic carbocycles. The highest BCUT2D eigenvalue weighted by atomic mass is 79.9. The van der Waals surface area contributed by atoms with Gasteiger partial charge in [-0.3, -0.25) is 0 Å². The predicted octanol–water partition coefficient (Wildman–Crippen LogP) is 3.10. The van der Waals surface area contributed by atoms with Crippen molar-refractivity contribution in [3.63, 3.8) is 0 Å². The molecule has 7 heteroatoms. The molecule has 106 valence electrons. The Kier molecular flexibility index (Phi) is 5.49. The van der Waals surface area contributed by atoms with Crippen LogP contribution in [-0.4, -0.2) is 28.8 Å². The maximum atomic E-state index is 11.8. The number of carbonyl (C=O) groups is 1. The molecule has 1 heterocycles. The first-order valence-electron chi connectivity index (χ1n) is 6.07. The fourth-order valence-electron chi connectivity index (χ4n) is 1.51. The van der Waals surface area contributed by atoms with Crippen molar-refractivity contribution in [1.82, 2.24) is 9.59 Å². The van der Waals surface area contributed by atoms with Gasteiger partial charge in [0.2, 0.25) is 0 Å². The molecule has 20 heavy (non-hydrogen) atoms. The second kappa shape index (κ2) is 7.35. The van der Waals surface area contributed by atoms with Crippen molar-refractivity contribution in [3.05, 3.63) is 39.3 Å². The van der Waals surface area contributed by atoms with Gasteiger partial charge in [0.25, 0.3) is 0 Å². The van der Waals surface area contributed by atoms with Crippen molar-refractivity contribution in [2.45, 2.75) is 13.3 Å². The van der Waals surface area contributed by atoms with Crippen molar-refractivity contribution in [2.75, 3.05) is 13.2 Å². The Morgan fingerprint density at radius 2 is 2.25 bits per heavy atom. The summed E-state index contributed by atoms with van der Waals surface area (Å²) in [5.74, 6) is 0.332. The molecule has 5 nitrogen and oxygen atoms in total. The summed E-state index contributed by atoms with van der Waals surface area (Å²) in [6, 6.07) is 7.48. The Labute approximate surface area is 129 Å². The zero-order valence-electron chi connectivity index (χ0n) is 10.8. The molecule has 0 atom stereocenters. The monoisotopic (exact) mass is 356 g/mol. The lowest BCUT2D eigenvalue weighted by Gasteiger charge is -2.07. The van der Waals surface area contributed by atoms with E-state index in [-0.39, 0.29) is 6.61 Å². The Morgan fingerprint density at radius 3 is 3.00 bits per heavy atom. The van der Waals surface area contributed by atoms with Crippen molar-refractivity contribution >= 4 is 33.4 Å².